The van der Waals surface area contributed by atoms with Crippen LogP contribution in [-0.4, -0.2) is 29.9 Å². The van der Waals surface area contributed by atoms with Crippen molar-refractivity contribution in [1.82, 2.24) is 9.88 Å². The number of amides is 1. The summed E-state index contributed by atoms with van der Waals surface area (Å²) >= 11 is 0. The second-order valence-electron chi connectivity index (χ2n) is 6.26. The predicted octanol–water partition coefficient (Wildman–Crippen LogP) is 3.85. The predicted molar refractivity (Wildman–Crippen MR) is 98.0 cm³/mol. The Morgan fingerprint density at radius 1 is 0.958 bits per heavy atom. The minimum atomic E-state index is 0.166. The fraction of sp³-hybridized carbons (Fsp3) is 0.238. The second kappa shape index (κ2) is 7.26. The zero-order chi connectivity index (χ0) is 16.9. The Bertz CT molecular complexity index is 833. The summed E-state index contributed by atoms with van der Waals surface area (Å²) in [6.07, 6.45) is 4.03. The minimum absolute atomic E-state index is 0.166. The van der Waals surface area contributed by atoms with E-state index in [1.807, 2.05) is 12.3 Å². The molecule has 3 heteroatoms. The van der Waals surface area contributed by atoms with E-state index >= 15 is 0 Å². The number of aromatic nitrogens is 1. The van der Waals surface area contributed by atoms with Gasteiger partial charge in [0.1, 0.15) is 0 Å². The summed E-state index contributed by atoms with van der Waals surface area (Å²) in [4.78, 5) is 17.9. The van der Waals surface area contributed by atoms with Crippen molar-refractivity contribution in [3.8, 4) is 0 Å². The van der Waals surface area contributed by atoms with Gasteiger partial charge in [-0.05, 0) is 29.0 Å². The number of nitrogens with zero attached hydrogens (tertiary/aromatic N) is 2. The third kappa shape index (κ3) is 3.80. The van der Waals surface area contributed by atoms with Gasteiger partial charge in [-0.25, -0.2) is 0 Å². The van der Waals surface area contributed by atoms with E-state index in [0.717, 1.165) is 18.5 Å². The molecule has 0 saturated heterocycles. The molecule has 0 N–H and O–H groups in total. The van der Waals surface area contributed by atoms with Crippen LogP contribution in [0.25, 0.3) is 10.8 Å². The normalized spacial score (nSPS) is 10.8. The molecule has 24 heavy (non-hydrogen) atoms. The summed E-state index contributed by atoms with van der Waals surface area (Å²) in [5, 5.41) is 2.43. The highest BCUT2D eigenvalue weighted by Crippen LogP contribution is 2.19. The standard InChI is InChI=1S/C21H22N2O/c1-23(2)21(24)12-11-16-7-9-17(10-8-16)15-20-19-6-4-3-5-18(19)13-14-22-20/h3-10,13-14H,11-12,15H2,1-2H3. The van der Waals surface area contributed by atoms with Crippen LogP contribution in [-0.2, 0) is 17.6 Å². The molecule has 0 saturated carbocycles. The molecule has 0 aliphatic heterocycles. The molecule has 122 valence electrons. The van der Waals surface area contributed by atoms with E-state index in [2.05, 4.69) is 53.5 Å². The van der Waals surface area contributed by atoms with Gasteiger partial charge in [0.2, 0.25) is 5.91 Å². The maximum atomic E-state index is 11.7. The van der Waals surface area contributed by atoms with Gasteiger partial charge in [-0.1, -0.05) is 48.5 Å². The summed E-state index contributed by atoms with van der Waals surface area (Å²) in [6, 6.07) is 18.9. The zero-order valence-corrected chi connectivity index (χ0v) is 14.2. The van der Waals surface area contributed by atoms with E-state index in [4.69, 9.17) is 0 Å². The first-order chi connectivity index (χ1) is 11.6. The van der Waals surface area contributed by atoms with Crippen molar-refractivity contribution in [3.63, 3.8) is 0 Å². The van der Waals surface area contributed by atoms with Crippen LogP contribution in [0.1, 0.15) is 23.2 Å². The van der Waals surface area contributed by atoms with Gasteiger partial charge < -0.3 is 4.90 Å². The summed E-state index contributed by atoms with van der Waals surface area (Å²) < 4.78 is 0. The average molecular weight is 318 g/mol. The topological polar surface area (TPSA) is 33.2 Å². The Morgan fingerprint density at radius 2 is 1.67 bits per heavy atom. The Hall–Kier alpha value is -2.68. The number of aryl methyl sites for hydroxylation is 1. The Labute approximate surface area is 143 Å². The third-order valence-corrected chi connectivity index (χ3v) is 4.28. The second-order valence-corrected chi connectivity index (χ2v) is 6.26. The lowest BCUT2D eigenvalue weighted by molar-refractivity contribution is -0.128. The molecule has 3 nitrogen and oxygen atoms in total. The molecular formula is C21H22N2O. The molecule has 0 unspecified atom stereocenters. The van der Waals surface area contributed by atoms with Crippen molar-refractivity contribution in [2.45, 2.75) is 19.3 Å². The van der Waals surface area contributed by atoms with Crippen molar-refractivity contribution in [2.24, 2.45) is 0 Å². The van der Waals surface area contributed by atoms with Crippen molar-refractivity contribution < 1.29 is 4.79 Å². The van der Waals surface area contributed by atoms with E-state index < -0.39 is 0 Å². The molecular weight excluding hydrogens is 296 g/mol. The highest BCUT2D eigenvalue weighted by molar-refractivity contribution is 5.84. The molecule has 0 aliphatic carbocycles. The molecule has 1 amide bonds. The summed E-state index contributed by atoms with van der Waals surface area (Å²) in [6.45, 7) is 0. The molecule has 0 aliphatic rings. The molecule has 0 atom stereocenters. The van der Waals surface area contributed by atoms with E-state index in [1.165, 1.54) is 21.9 Å². The fourth-order valence-electron chi connectivity index (χ4n) is 2.82. The maximum absolute atomic E-state index is 11.7. The smallest absolute Gasteiger partial charge is 0.222 e. The molecule has 0 spiro atoms. The Balaban J connectivity index is 1.71. The van der Waals surface area contributed by atoms with E-state index in [9.17, 15) is 4.79 Å². The first-order valence-electron chi connectivity index (χ1n) is 8.24. The lowest BCUT2D eigenvalue weighted by Crippen LogP contribution is -2.21. The van der Waals surface area contributed by atoms with Gasteiger partial charge >= 0.3 is 0 Å². The van der Waals surface area contributed by atoms with E-state index in [1.54, 1.807) is 19.0 Å². The van der Waals surface area contributed by atoms with Gasteiger partial charge in [-0.3, -0.25) is 9.78 Å². The van der Waals surface area contributed by atoms with Gasteiger partial charge in [0, 0.05) is 38.5 Å². The largest absolute Gasteiger partial charge is 0.349 e. The van der Waals surface area contributed by atoms with Crippen LogP contribution in [0.4, 0.5) is 0 Å². The Kier molecular flexibility index (Phi) is 4.90. The van der Waals surface area contributed by atoms with Crippen LogP contribution in [0.2, 0.25) is 0 Å². The quantitative estimate of drug-likeness (QED) is 0.716. The van der Waals surface area contributed by atoms with Crippen molar-refractivity contribution >= 4 is 16.7 Å². The van der Waals surface area contributed by atoms with Crippen LogP contribution in [0.5, 0.6) is 0 Å². The fourth-order valence-corrected chi connectivity index (χ4v) is 2.82. The van der Waals surface area contributed by atoms with Crippen LogP contribution < -0.4 is 0 Å². The van der Waals surface area contributed by atoms with Gasteiger partial charge in [0.15, 0.2) is 0 Å². The molecule has 0 radical (unpaired) electrons. The number of fused-ring (bicyclic) bond motifs is 1. The summed E-state index contributed by atoms with van der Waals surface area (Å²) in [5.41, 5.74) is 3.53. The van der Waals surface area contributed by atoms with Gasteiger partial charge in [-0.15, -0.1) is 0 Å². The van der Waals surface area contributed by atoms with E-state index in [-0.39, 0.29) is 5.91 Å². The first-order valence-corrected chi connectivity index (χ1v) is 8.24. The number of hydrogen-bond acceptors (Lipinski definition) is 2. The highest BCUT2D eigenvalue weighted by atomic mass is 16.2. The average Bonchev–Trinajstić information content (AvgIpc) is 2.61. The lowest BCUT2D eigenvalue weighted by atomic mass is 10.0. The Morgan fingerprint density at radius 3 is 2.42 bits per heavy atom. The summed E-state index contributed by atoms with van der Waals surface area (Å²) in [7, 11) is 3.59. The van der Waals surface area contributed by atoms with Crippen LogP contribution in [0.15, 0.2) is 60.8 Å². The van der Waals surface area contributed by atoms with Gasteiger partial charge in [0.05, 0.1) is 5.69 Å². The maximum Gasteiger partial charge on any atom is 0.222 e. The number of carbonyl (C=O) groups excluding carboxylic acids is 1. The molecule has 3 aromatic rings. The van der Waals surface area contributed by atoms with Crippen molar-refractivity contribution in [1.29, 1.82) is 0 Å². The number of benzene rings is 2. The van der Waals surface area contributed by atoms with Gasteiger partial charge in [-0.2, -0.15) is 0 Å². The SMILES string of the molecule is CN(C)C(=O)CCc1ccc(Cc2nccc3ccccc23)cc1. The minimum Gasteiger partial charge on any atom is -0.349 e. The number of pyridine rings is 1. The highest BCUT2D eigenvalue weighted by Gasteiger charge is 2.06. The molecule has 2 aromatic carbocycles. The van der Waals surface area contributed by atoms with Crippen LogP contribution in [0.3, 0.4) is 0 Å². The number of carbonyl (C=O) groups is 1. The van der Waals surface area contributed by atoms with Crippen molar-refractivity contribution in [3.05, 3.63) is 77.6 Å². The van der Waals surface area contributed by atoms with E-state index in [0.29, 0.717) is 6.42 Å². The van der Waals surface area contributed by atoms with Crippen LogP contribution in [0, 0.1) is 0 Å². The van der Waals surface area contributed by atoms with Crippen LogP contribution >= 0.6 is 0 Å². The van der Waals surface area contributed by atoms with Crippen molar-refractivity contribution in [2.75, 3.05) is 14.1 Å². The molecule has 0 bridgehead atoms. The number of hydrogen-bond donors (Lipinski definition) is 0. The van der Waals surface area contributed by atoms with Gasteiger partial charge in [0.25, 0.3) is 0 Å². The lowest BCUT2D eigenvalue weighted by Gasteiger charge is -2.10. The molecule has 1 aromatic heterocycles. The molecule has 3 rings (SSSR count). The summed E-state index contributed by atoms with van der Waals surface area (Å²) in [5.74, 6) is 0.166. The first kappa shape index (κ1) is 16.2. The molecule has 0 fully saturated rings. The molecule has 1 heterocycles. The monoisotopic (exact) mass is 318 g/mol. The third-order valence-electron chi connectivity index (χ3n) is 4.28. The zero-order valence-electron chi connectivity index (χ0n) is 14.2. The number of rotatable bonds is 5.